The van der Waals surface area contributed by atoms with E-state index in [0.29, 0.717) is 18.4 Å². The second-order valence-corrected chi connectivity index (χ2v) is 7.98. The van der Waals surface area contributed by atoms with E-state index in [9.17, 15) is 14.4 Å². The summed E-state index contributed by atoms with van der Waals surface area (Å²) in [5, 5.41) is 0. The highest BCUT2D eigenvalue weighted by atomic mass is 16.6. The molecule has 3 heterocycles. The molecule has 1 aromatic heterocycles. The van der Waals surface area contributed by atoms with E-state index in [1.807, 2.05) is 13.0 Å². The zero-order valence-electron chi connectivity index (χ0n) is 16.1. The molecule has 1 spiro atoms. The van der Waals surface area contributed by atoms with Crippen LogP contribution in [-0.4, -0.2) is 30.6 Å². The highest BCUT2D eigenvalue weighted by Gasteiger charge is 2.57. The Bertz CT molecular complexity index is 1010. The maximum absolute atomic E-state index is 12.6. The number of carbonyl (C=O) groups is 3. The van der Waals surface area contributed by atoms with Gasteiger partial charge < -0.3 is 18.6 Å². The number of rotatable bonds is 2. The number of carbonyl (C=O) groups excluding carboxylic acids is 3. The van der Waals surface area contributed by atoms with Gasteiger partial charge in [-0.3, -0.25) is 9.59 Å². The van der Waals surface area contributed by atoms with Crippen LogP contribution < -0.4 is 0 Å². The van der Waals surface area contributed by atoms with Gasteiger partial charge in [-0.2, -0.15) is 0 Å². The maximum Gasteiger partial charge on any atom is 0.339 e. The molecular weight excluding hydrogens is 376 g/mol. The summed E-state index contributed by atoms with van der Waals surface area (Å²) in [6.07, 6.45) is 6.66. The van der Waals surface area contributed by atoms with Gasteiger partial charge in [0.15, 0.2) is 6.10 Å². The summed E-state index contributed by atoms with van der Waals surface area (Å²) >= 11 is 0. The van der Waals surface area contributed by atoms with Crippen molar-refractivity contribution in [2.75, 3.05) is 6.61 Å². The second-order valence-electron chi connectivity index (χ2n) is 7.98. The molecule has 0 radical (unpaired) electrons. The Labute approximate surface area is 167 Å². The molecule has 0 bridgehead atoms. The van der Waals surface area contributed by atoms with Crippen molar-refractivity contribution in [3.8, 4) is 0 Å². The fourth-order valence-corrected chi connectivity index (χ4v) is 5.15. The first-order valence-corrected chi connectivity index (χ1v) is 9.61. The lowest BCUT2D eigenvalue weighted by atomic mass is 9.62. The molecule has 1 aromatic rings. The largest absolute Gasteiger partial charge is 0.472 e. The minimum absolute atomic E-state index is 0.221. The van der Waals surface area contributed by atoms with Gasteiger partial charge in [0.05, 0.1) is 29.4 Å². The standard InChI is InChI=1S/C22H20O7/c1-11-16-7-14(28-12(2)23)8-17-21(25)27-10-22(16,17)5-3-15-18(11)19(29-20(15)24)13-4-6-26-9-13/h3-6,9,14,17,19H,7-8,10H2,1-2H3/t14-,17+,19+,22+/m1/s1. The molecule has 1 saturated carbocycles. The van der Waals surface area contributed by atoms with Crippen molar-refractivity contribution >= 4 is 17.9 Å². The molecule has 150 valence electrons. The van der Waals surface area contributed by atoms with Crippen LogP contribution in [0.1, 0.15) is 38.4 Å². The monoisotopic (exact) mass is 396 g/mol. The van der Waals surface area contributed by atoms with Gasteiger partial charge in [-0.15, -0.1) is 0 Å². The number of furan rings is 1. The van der Waals surface area contributed by atoms with Crippen molar-refractivity contribution in [3.05, 3.63) is 58.6 Å². The van der Waals surface area contributed by atoms with Crippen LogP contribution in [0.15, 0.2) is 57.5 Å². The quantitative estimate of drug-likeness (QED) is 0.561. The average molecular weight is 396 g/mol. The fourth-order valence-electron chi connectivity index (χ4n) is 5.15. The van der Waals surface area contributed by atoms with Crippen molar-refractivity contribution in [1.82, 2.24) is 0 Å². The lowest BCUT2D eigenvalue weighted by molar-refractivity contribution is -0.151. The third-order valence-corrected chi connectivity index (χ3v) is 6.43. The van der Waals surface area contributed by atoms with Crippen LogP contribution in [0.2, 0.25) is 0 Å². The summed E-state index contributed by atoms with van der Waals surface area (Å²) in [4.78, 5) is 36.7. The van der Waals surface area contributed by atoms with Gasteiger partial charge in [-0.05, 0) is 30.6 Å². The highest BCUT2D eigenvalue weighted by molar-refractivity contribution is 5.97. The van der Waals surface area contributed by atoms with E-state index in [2.05, 4.69) is 0 Å². The molecule has 0 N–H and O–H groups in total. The summed E-state index contributed by atoms with van der Waals surface area (Å²) in [6, 6.07) is 1.77. The lowest BCUT2D eigenvalue weighted by Gasteiger charge is -2.40. The first-order chi connectivity index (χ1) is 13.9. The van der Waals surface area contributed by atoms with E-state index in [0.717, 1.165) is 22.3 Å². The van der Waals surface area contributed by atoms with Crippen molar-refractivity contribution in [2.24, 2.45) is 11.3 Å². The van der Waals surface area contributed by atoms with E-state index >= 15 is 0 Å². The minimum atomic E-state index is -0.636. The number of cyclic esters (lactones) is 2. The van der Waals surface area contributed by atoms with Crippen LogP contribution >= 0.6 is 0 Å². The van der Waals surface area contributed by atoms with E-state index < -0.39 is 29.5 Å². The molecule has 5 rings (SSSR count). The van der Waals surface area contributed by atoms with Crippen LogP contribution in [0.25, 0.3) is 0 Å². The number of esters is 3. The van der Waals surface area contributed by atoms with Crippen molar-refractivity contribution in [2.45, 2.75) is 38.9 Å². The topological polar surface area (TPSA) is 92.0 Å². The molecular formula is C22H20O7. The van der Waals surface area contributed by atoms with Gasteiger partial charge in [0.25, 0.3) is 0 Å². The van der Waals surface area contributed by atoms with Gasteiger partial charge >= 0.3 is 17.9 Å². The van der Waals surface area contributed by atoms with Crippen LogP contribution in [0.5, 0.6) is 0 Å². The number of hydrogen-bond acceptors (Lipinski definition) is 7. The molecule has 7 nitrogen and oxygen atoms in total. The maximum atomic E-state index is 12.6. The van der Waals surface area contributed by atoms with Gasteiger partial charge in [0.1, 0.15) is 12.7 Å². The average Bonchev–Trinajstić information content (AvgIpc) is 3.36. The Kier molecular flexibility index (Phi) is 3.84. The zero-order chi connectivity index (χ0) is 20.3. The van der Waals surface area contributed by atoms with Crippen LogP contribution in [-0.2, 0) is 28.6 Å². The summed E-state index contributed by atoms with van der Waals surface area (Å²) in [7, 11) is 0. The van der Waals surface area contributed by atoms with Crippen LogP contribution in [0.3, 0.4) is 0 Å². The second kappa shape index (κ2) is 6.20. The third kappa shape index (κ3) is 2.53. The van der Waals surface area contributed by atoms with Crippen LogP contribution in [0.4, 0.5) is 0 Å². The van der Waals surface area contributed by atoms with Crippen molar-refractivity contribution < 1.29 is 33.0 Å². The van der Waals surface area contributed by atoms with E-state index in [-0.39, 0.29) is 18.5 Å². The molecule has 4 aliphatic rings. The molecule has 29 heavy (non-hydrogen) atoms. The summed E-state index contributed by atoms with van der Waals surface area (Å²) in [5.41, 5.74) is 3.19. The molecule has 2 aliphatic carbocycles. The molecule has 0 aromatic carbocycles. The van der Waals surface area contributed by atoms with Crippen molar-refractivity contribution in [1.29, 1.82) is 0 Å². The van der Waals surface area contributed by atoms with E-state index in [1.165, 1.54) is 13.2 Å². The summed E-state index contributed by atoms with van der Waals surface area (Å²) in [5.74, 6) is -1.54. The number of hydrogen-bond donors (Lipinski definition) is 0. The molecule has 4 atom stereocenters. The van der Waals surface area contributed by atoms with E-state index in [1.54, 1.807) is 18.4 Å². The Morgan fingerprint density at radius 1 is 1.31 bits per heavy atom. The van der Waals surface area contributed by atoms with Crippen LogP contribution in [0, 0.1) is 11.3 Å². The van der Waals surface area contributed by atoms with Gasteiger partial charge in [0, 0.05) is 24.5 Å². The summed E-state index contributed by atoms with van der Waals surface area (Å²) in [6.45, 7) is 3.52. The van der Waals surface area contributed by atoms with Gasteiger partial charge in [0.2, 0.25) is 0 Å². The first kappa shape index (κ1) is 18.0. The highest BCUT2D eigenvalue weighted by Crippen LogP contribution is 2.56. The zero-order valence-corrected chi connectivity index (χ0v) is 16.1. The number of ether oxygens (including phenoxy) is 3. The van der Waals surface area contributed by atoms with Gasteiger partial charge in [-0.25, -0.2) is 4.79 Å². The molecule has 7 heteroatoms. The third-order valence-electron chi connectivity index (χ3n) is 6.43. The SMILES string of the molecule is CC(=O)O[C@@H]1CC2=C(C)C3=C(C=C[C@]24COC(=O)[C@@H]4C1)C(=O)O[C@H]3c1ccoc1. The minimum Gasteiger partial charge on any atom is -0.472 e. The van der Waals surface area contributed by atoms with Crippen molar-refractivity contribution in [3.63, 3.8) is 0 Å². The predicted molar refractivity (Wildman–Crippen MR) is 98.1 cm³/mol. The van der Waals surface area contributed by atoms with Gasteiger partial charge in [-0.1, -0.05) is 12.2 Å². The predicted octanol–water partition coefficient (Wildman–Crippen LogP) is 2.95. The Balaban J connectivity index is 1.67. The fraction of sp³-hybridized carbons (Fsp3) is 0.409. The molecule has 2 aliphatic heterocycles. The molecule has 0 amide bonds. The first-order valence-electron chi connectivity index (χ1n) is 9.61. The Morgan fingerprint density at radius 3 is 2.86 bits per heavy atom. The normalized spacial score (nSPS) is 33.0. The smallest absolute Gasteiger partial charge is 0.339 e. The molecule has 0 unspecified atom stereocenters. The molecule has 2 fully saturated rings. The van der Waals surface area contributed by atoms with E-state index in [4.69, 9.17) is 18.6 Å². The molecule has 1 saturated heterocycles. The lowest BCUT2D eigenvalue weighted by Crippen LogP contribution is -2.41. The Hall–Kier alpha value is -3.09. The summed E-state index contributed by atoms with van der Waals surface area (Å²) < 4.78 is 21.8. The Morgan fingerprint density at radius 2 is 2.14 bits per heavy atom.